The number of rotatable bonds is 6. The maximum atomic E-state index is 11.0. The van der Waals surface area contributed by atoms with Crippen LogP contribution >= 0.6 is 0 Å². The fourth-order valence-electron chi connectivity index (χ4n) is 2.76. The zero-order valence-corrected chi connectivity index (χ0v) is 15.3. The summed E-state index contributed by atoms with van der Waals surface area (Å²) in [6.45, 7) is 0.202. The van der Waals surface area contributed by atoms with E-state index in [2.05, 4.69) is 12.1 Å². The van der Waals surface area contributed by atoms with Crippen molar-refractivity contribution >= 4 is 17.3 Å². The van der Waals surface area contributed by atoms with E-state index in [1.165, 1.54) is 12.1 Å². The van der Waals surface area contributed by atoms with Crippen LogP contribution in [0.5, 0.6) is 5.75 Å². The van der Waals surface area contributed by atoms with Gasteiger partial charge in [-0.25, -0.2) is 0 Å². The summed E-state index contributed by atoms with van der Waals surface area (Å²) in [5.74, 6) is 0.540. The van der Waals surface area contributed by atoms with E-state index in [4.69, 9.17) is 4.74 Å². The van der Waals surface area contributed by atoms with Crippen LogP contribution in [0.15, 0.2) is 72.8 Å². The normalized spacial score (nSPS) is 10.6. The van der Waals surface area contributed by atoms with Gasteiger partial charge < -0.3 is 4.74 Å². The lowest BCUT2D eigenvalue weighted by molar-refractivity contribution is -0.384. The average Bonchev–Trinajstić information content (AvgIpc) is 2.76. The number of nitro benzene ring substituents is 1. The van der Waals surface area contributed by atoms with E-state index >= 15 is 0 Å². The molecule has 0 bridgehead atoms. The Balaban J connectivity index is 1.91. The fourth-order valence-corrected chi connectivity index (χ4v) is 2.76. The van der Waals surface area contributed by atoms with Crippen LogP contribution in [0, 0.1) is 32.8 Å². The van der Waals surface area contributed by atoms with Crippen LogP contribution in [-0.4, -0.2) is 4.92 Å². The second-order valence-corrected chi connectivity index (χ2v) is 6.07. The van der Waals surface area contributed by atoms with Gasteiger partial charge in [-0.05, 0) is 23.8 Å². The number of nitrogens with zero attached hydrogens (tertiary/aromatic N) is 3. The molecule has 3 aromatic rings. The molecule has 0 aliphatic carbocycles. The Morgan fingerprint density at radius 1 is 1.03 bits per heavy atom. The number of benzene rings is 3. The Morgan fingerprint density at radius 2 is 1.79 bits per heavy atom. The van der Waals surface area contributed by atoms with Crippen LogP contribution in [0.4, 0.5) is 5.69 Å². The minimum Gasteiger partial charge on any atom is -0.488 e. The number of nitro groups is 1. The highest BCUT2D eigenvalue weighted by atomic mass is 16.6. The predicted octanol–water partition coefficient (Wildman–Crippen LogP) is 5.11. The van der Waals surface area contributed by atoms with Gasteiger partial charge in [0.25, 0.3) is 5.69 Å². The van der Waals surface area contributed by atoms with Crippen LogP contribution in [0.3, 0.4) is 0 Å². The van der Waals surface area contributed by atoms with Crippen LogP contribution in [0.2, 0.25) is 0 Å². The van der Waals surface area contributed by atoms with Crippen LogP contribution in [0.25, 0.3) is 11.6 Å². The van der Waals surface area contributed by atoms with Gasteiger partial charge in [-0.2, -0.15) is 10.5 Å². The smallest absolute Gasteiger partial charge is 0.270 e. The maximum absolute atomic E-state index is 11.0. The number of hydrogen-bond donors (Lipinski definition) is 0. The first-order valence-corrected chi connectivity index (χ1v) is 8.69. The molecule has 0 aromatic heterocycles. The van der Waals surface area contributed by atoms with Crippen molar-refractivity contribution < 1.29 is 9.66 Å². The predicted molar refractivity (Wildman–Crippen MR) is 109 cm³/mol. The molecule has 0 fully saturated rings. The number of nitriles is 2. The molecule has 0 saturated carbocycles. The summed E-state index contributed by atoms with van der Waals surface area (Å²) in [4.78, 5) is 10.5. The molecule has 0 N–H and O–H groups in total. The largest absolute Gasteiger partial charge is 0.488 e. The molecular weight excluding hydrogens is 366 g/mol. The molecule has 0 radical (unpaired) electrons. The van der Waals surface area contributed by atoms with Crippen molar-refractivity contribution in [3.63, 3.8) is 0 Å². The Morgan fingerprint density at radius 3 is 2.55 bits per heavy atom. The molecule has 0 heterocycles. The van der Waals surface area contributed by atoms with E-state index < -0.39 is 4.92 Å². The standard InChI is InChI=1S/C23H15N3O3/c24-14-19-7-1-2-8-20(19)16-29-23-11-4-3-6-18(23)12-21(15-25)17-9-5-10-22(13-17)26(27)28/h1-13H,16H2/b21-12-. The summed E-state index contributed by atoms with van der Waals surface area (Å²) in [5, 5.41) is 29.8. The highest BCUT2D eigenvalue weighted by Crippen LogP contribution is 2.27. The zero-order valence-electron chi connectivity index (χ0n) is 15.3. The highest BCUT2D eigenvalue weighted by molar-refractivity contribution is 5.91. The van der Waals surface area contributed by atoms with Gasteiger partial charge in [-0.1, -0.05) is 48.5 Å². The van der Waals surface area contributed by atoms with E-state index in [1.54, 1.807) is 42.5 Å². The number of allylic oxidation sites excluding steroid dienone is 1. The summed E-state index contributed by atoms with van der Waals surface area (Å²) in [6, 6.07) is 24.5. The first kappa shape index (κ1) is 19.3. The van der Waals surface area contributed by atoms with E-state index in [1.807, 2.05) is 24.3 Å². The van der Waals surface area contributed by atoms with Gasteiger partial charge in [0.15, 0.2) is 0 Å². The van der Waals surface area contributed by atoms with Crippen molar-refractivity contribution in [2.75, 3.05) is 0 Å². The molecule has 0 aliphatic heterocycles. The minimum atomic E-state index is -0.498. The molecule has 6 nitrogen and oxygen atoms in total. The fraction of sp³-hybridized carbons (Fsp3) is 0.0435. The van der Waals surface area contributed by atoms with Gasteiger partial charge in [-0.15, -0.1) is 0 Å². The molecule has 0 aliphatic rings. The molecule has 0 amide bonds. The van der Waals surface area contributed by atoms with Crippen LogP contribution in [0.1, 0.15) is 22.3 Å². The first-order valence-electron chi connectivity index (χ1n) is 8.69. The second-order valence-electron chi connectivity index (χ2n) is 6.07. The SMILES string of the molecule is N#C/C(=C/c1ccccc1OCc1ccccc1C#N)c1cccc([N+](=O)[O-])c1. The van der Waals surface area contributed by atoms with E-state index in [0.717, 1.165) is 5.56 Å². The minimum absolute atomic E-state index is 0.0821. The summed E-state index contributed by atoms with van der Waals surface area (Å²) < 4.78 is 5.90. The van der Waals surface area contributed by atoms with Crippen LogP contribution in [-0.2, 0) is 6.61 Å². The van der Waals surface area contributed by atoms with Gasteiger partial charge in [0.2, 0.25) is 0 Å². The Kier molecular flexibility index (Phi) is 5.99. The number of para-hydroxylation sites is 1. The molecule has 0 atom stereocenters. The molecule has 0 spiro atoms. The summed E-state index contributed by atoms with van der Waals surface area (Å²) in [5.41, 5.74) is 2.60. The lowest BCUT2D eigenvalue weighted by atomic mass is 10.0. The third-order valence-electron chi connectivity index (χ3n) is 4.23. The van der Waals surface area contributed by atoms with Gasteiger partial charge in [0, 0.05) is 23.3 Å². The second kappa shape index (κ2) is 8.98. The maximum Gasteiger partial charge on any atom is 0.270 e. The van der Waals surface area contributed by atoms with E-state index in [-0.39, 0.29) is 17.9 Å². The molecule has 6 heteroatoms. The molecule has 0 unspecified atom stereocenters. The van der Waals surface area contributed by atoms with Crippen molar-refractivity contribution in [1.29, 1.82) is 10.5 Å². The van der Waals surface area contributed by atoms with E-state index in [9.17, 15) is 20.6 Å². The molecular formula is C23H15N3O3. The third-order valence-corrected chi connectivity index (χ3v) is 4.23. The van der Waals surface area contributed by atoms with Gasteiger partial charge in [0.05, 0.1) is 28.2 Å². The van der Waals surface area contributed by atoms with Crippen molar-refractivity contribution in [1.82, 2.24) is 0 Å². The molecule has 3 aromatic carbocycles. The van der Waals surface area contributed by atoms with Crippen molar-refractivity contribution in [2.24, 2.45) is 0 Å². The topological polar surface area (TPSA) is 99.9 Å². The van der Waals surface area contributed by atoms with Crippen molar-refractivity contribution in [3.8, 4) is 17.9 Å². The van der Waals surface area contributed by atoms with Gasteiger partial charge >= 0.3 is 0 Å². The van der Waals surface area contributed by atoms with Gasteiger partial charge in [-0.3, -0.25) is 10.1 Å². The van der Waals surface area contributed by atoms with Crippen LogP contribution < -0.4 is 4.74 Å². The van der Waals surface area contributed by atoms with Crippen molar-refractivity contribution in [2.45, 2.75) is 6.61 Å². The summed E-state index contributed by atoms with van der Waals surface area (Å²) in [7, 11) is 0. The summed E-state index contributed by atoms with van der Waals surface area (Å²) >= 11 is 0. The van der Waals surface area contributed by atoms with E-state index in [0.29, 0.717) is 22.4 Å². The molecule has 29 heavy (non-hydrogen) atoms. The highest BCUT2D eigenvalue weighted by Gasteiger charge is 2.10. The third kappa shape index (κ3) is 4.65. The lowest BCUT2D eigenvalue weighted by Crippen LogP contribution is -1.99. The number of ether oxygens (including phenoxy) is 1. The van der Waals surface area contributed by atoms with Crippen molar-refractivity contribution in [3.05, 3.63) is 105 Å². The quantitative estimate of drug-likeness (QED) is 0.256. The Hall–Kier alpha value is -4.42. The molecule has 0 saturated heterocycles. The summed E-state index contributed by atoms with van der Waals surface area (Å²) in [6.07, 6.45) is 1.63. The lowest BCUT2D eigenvalue weighted by Gasteiger charge is -2.11. The molecule has 140 valence electrons. The Bertz CT molecular complexity index is 1170. The number of hydrogen-bond acceptors (Lipinski definition) is 5. The molecule has 3 rings (SSSR count). The number of non-ortho nitro benzene ring substituents is 1. The first-order chi connectivity index (χ1) is 14.1. The average molecular weight is 381 g/mol. The monoisotopic (exact) mass is 381 g/mol. The van der Waals surface area contributed by atoms with Gasteiger partial charge in [0.1, 0.15) is 12.4 Å². The Labute approximate surface area is 167 Å². The zero-order chi connectivity index (χ0) is 20.6.